The van der Waals surface area contributed by atoms with Crippen LogP contribution in [0.5, 0.6) is 0 Å². The van der Waals surface area contributed by atoms with Crippen LogP contribution in [0.1, 0.15) is 47.1 Å². The summed E-state index contributed by atoms with van der Waals surface area (Å²) in [6.45, 7) is 1.94. The fourth-order valence-corrected chi connectivity index (χ4v) is 4.21. The van der Waals surface area contributed by atoms with Gasteiger partial charge in [-0.05, 0) is 60.9 Å². The summed E-state index contributed by atoms with van der Waals surface area (Å²) in [7, 11) is 0. The minimum atomic E-state index is 0.479. The van der Waals surface area contributed by atoms with Crippen LogP contribution in [0, 0.1) is 18.3 Å². The van der Waals surface area contributed by atoms with Gasteiger partial charge in [0.25, 0.3) is 0 Å². The first-order valence-electron chi connectivity index (χ1n) is 8.79. The number of aromatic nitrogens is 4. The number of aryl methyl sites for hydroxylation is 3. The molecule has 0 radical (unpaired) electrons. The molecule has 1 aliphatic heterocycles. The van der Waals surface area contributed by atoms with Gasteiger partial charge in [-0.2, -0.15) is 5.26 Å². The molecule has 0 spiro atoms. The van der Waals surface area contributed by atoms with E-state index in [-0.39, 0.29) is 0 Å². The number of hydrogen-bond acceptors (Lipinski definition) is 4. The highest BCUT2D eigenvalue weighted by Crippen LogP contribution is 2.44. The second kappa shape index (κ2) is 5.65. The molecule has 1 fully saturated rings. The van der Waals surface area contributed by atoms with Crippen LogP contribution in [-0.2, 0) is 12.8 Å². The van der Waals surface area contributed by atoms with Gasteiger partial charge in [0.15, 0.2) is 0 Å². The Morgan fingerprint density at radius 1 is 1.19 bits per heavy atom. The van der Waals surface area contributed by atoms with Gasteiger partial charge >= 0.3 is 0 Å². The van der Waals surface area contributed by atoms with Crippen molar-refractivity contribution in [3.8, 4) is 22.9 Å². The summed E-state index contributed by atoms with van der Waals surface area (Å²) in [6.07, 6.45) is 7.59. The Bertz CT molecular complexity index is 1090. The topological polar surface area (TPSA) is 67.4 Å². The molecule has 0 atom stereocenters. The SMILES string of the molecule is Cc1nnc2n1-c1c(Cl)cc(-c3cncc(C4CC4)c3C#N)cc1CC2. The van der Waals surface area contributed by atoms with E-state index in [2.05, 4.69) is 27.3 Å². The molecule has 0 N–H and O–H groups in total. The number of nitrogens with zero attached hydrogens (tertiary/aromatic N) is 5. The fraction of sp³-hybridized carbons (Fsp3) is 0.300. The summed E-state index contributed by atoms with van der Waals surface area (Å²) >= 11 is 6.68. The summed E-state index contributed by atoms with van der Waals surface area (Å²) in [5, 5.41) is 18.8. The Hall–Kier alpha value is -2.71. The molecule has 0 unspecified atom stereocenters. The van der Waals surface area contributed by atoms with Crippen LogP contribution >= 0.6 is 11.6 Å². The summed E-state index contributed by atoms with van der Waals surface area (Å²) in [5.41, 5.74) is 5.74. The number of pyridine rings is 1. The number of rotatable bonds is 2. The fourth-order valence-electron chi connectivity index (χ4n) is 3.88. The molecule has 5 rings (SSSR count). The van der Waals surface area contributed by atoms with Gasteiger partial charge in [-0.3, -0.25) is 9.55 Å². The molecule has 1 aromatic carbocycles. The van der Waals surface area contributed by atoms with Crippen molar-refractivity contribution >= 4 is 11.6 Å². The molecule has 1 saturated carbocycles. The third-order valence-corrected chi connectivity index (χ3v) is 5.58. The maximum Gasteiger partial charge on any atom is 0.137 e. The number of hydrogen-bond donors (Lipinski definition) is 0. The van der Waals surface area contributed by atoms with Crippen LogP contribution in [0.2, 0.25) is 5.02 Å². The van der Waals surface area contributed by atoms with Gasteiger partial charge in [0, 0.05) is 24.4 Å². The van der Waals surface area contributed by atoms with Gasteiger partial charge in [-0.1, -0.05) is 11.6 Å². The normalized spacial score (nSPS) is 15.3. The van der Waals surface area contributed by atoms with E-state index in [0.717, 1.165) is 70.8 Å². The Morgan fingerprint density at radius 3 is 2.81 bits per heavy atom. The van der Waals surface area contributed by atoms with Gasteiger partial charge in [0.1, 0.15) is 17.7 Å². The van der Waals surface area contributed by atoms with Crippen molar-refractivity contribution in [3.05, 3.63) is 57.9 Å². The zero-order valence-electron chi connectivity index (χ0n) is 14.3. The Labute approximate surface area is 156 Å². The lowest BCUT2D eigenvalue weighted by Crippen LogP contribution is -2.14. The van der Waals surface area contributed by atoms with E-state index in [9.17, 15) is 5.26 Å². The lowest BCUT2D eigenvalue weighted by atomic mass is 9.93. The van der Waals surface area contributed by atoms with Crippen molar-refractivity contribution in [2.45, 2.75) is 38.5 Å². The average Bonchev–Trinajstić information content (AvgIpc) is 3.44. The molecule has 128 valence electrons. The molecule has 3 aromatic rings. The molecule has 0 bridgehead atoms. The summed E-state index contributed by atoms with van der Waals surface area (Å²) in [4.78, 5) is 4.40. The maximum atomic E-state index is 9.75. The quantitative estimate of drug-likeness (QED) is 0.688. The highest BCUT2D eigenvalue weighted by molar-refractivity contribution is 6.33. The van der Waals surface area contributed by atoms with Gasteiger partial charge in [0.2, 0.25) is 0 Å². The Morgan fingerprint density at radius 2 is 2.04 bits per heavy atom. The van der Waals surface area contributed by atoms with Gasteiger partial charge < -0.3 is 0 Å². The smallest absolute Gasteiger partial charge is 0.137 e. The summed E-state index contributed by atoms with van der Waals surface area (Å²) < 4.78 is 2.04. The van der Waals surface area contributed by atoms with Crippen molar-refractivity contribution in [1.29, 1.82) is 5.26 Å². The first kappa shape index (κ1) is 15.5. The van der Waals surface area contributed by atoms with Crippen molar-refractivity contribution in [3.63, 3.8) is 0 Å². The zero-order valence-corrected chi connectivity index (χ0v) is 15.1. The van der Waals surface area contributed by atoms with E-state index >= 15 is 0 Å². The van der Waals surface area contributed by atoms with Crippen LogP contribution in [0.25, 0.3) is 16.8 Å². The minimum Gasteiger partial charge on any atom is -0.281 e. The number of benzene rings is 1. The van der Waals surface area contributed by atoms with Crippen LogP contribution < -0.4 is 0 Å². The van der Waals surface area contributed by atoms with Crippen LogP contribution in [0.3, 0.4) is 0 Å². The molecular formula is C20H16ClN5. The van der Waals surface area contributed by atoms with Crippen LogP contribution in [0.15, 0.2) is 24.5 Å². The summed E-state index contributed by atoms with van der Waals surface area (Å²) in [6, 6.07) is 6.47. The molecule has 0 amide bonds. The van der Waals surface area contributed by atoms with Crippen LogP contribution in [0.4, 0.5) is 0 Å². The molecule has 5 nitrogen and oxygen atoms in total. The zero-order chi connectivity index (χ0) is 17.8. The van der Waals surface area contributed by atoms with E-state index in [1.165, 1.54) is 0 Å². The highest BCUT2D eigenvalue weighted by atomic mass is 35.5. The van der Waals surface area contributed by atoms with Crippen molar-refractivity contribution in [2.24, 2.45) is 0 Å². The van der Waals surface area contributed by atoms with E-state index in [1.807, 2.05) is 23.8 Å². The first-order valence-corrected chi connectivity index (χ1v) is 9.17. The van der Waals surface area contributed by atoms with E-state index < -0.39 is 0 Å². The van der Waals surface area contributed by atoms with Gasteiger partial charge in [-0.15, -0.1) is 10.2 Å². The van der Waals surface area contributed by atoms with Crippen molar-refractivity contribution < 1.29 is 0 Å². The predicted octanol–water partition coefficient (Wildman–Crippen LogP) is 4.14. The second-order valence-corrected chi connectivity index (χ2v) is 7.41. The number of fused-ring (bicyclic) bond motifs is 3. The number of halogens is 1. The molecule has 1 aliphatic carbocycles. The lowest BCUT2D eigenvalue weighted by molar-refractivity contribution is 0.767. The molecule has 6 heteroatoms. The van der Waals surface area contributed by atoms with Gasteiger partial charge in [-0.25, -0.2) is 0 Å². The molecule has 26 heavy (non-hydrogen) atoms. The lowest BCUT2D eigenvalue weighted by Gasteiger charge is -2.21. The Balaban J connectivity index is 1.70. The third-order valence-electron chi connectivity index (χ3n) is 5.29. The molecule has 2 aromatic heterocycles. The second-order valence-electron chi connectivity index (χ2n) is 7.00. The van der Waals surface area contributed by atoms with Gasteiger partial charge in [0.05, 0.1) is 16.3 Å². The van der Waals surface area contributed by atoms with E-state index in [1.54, 1.807) is 6.20 Å². The molecular weight excluding hydrogens is 346 g/mol. The van der Waals surface area contributed by atoms with E-state index in [0.29, 0.717) is 10.9 Å². The monoisotopic (exact) mass is 361 g/mol. The third kappa shape index (κ3) is 2.26. The largest absolute Gasteiger partial charge is 0.281 e. The Kier molecular flexibility index (Phi) is 3.38. The maximum absolute atomic E-state index is 9.75. The predicted molar refractivity (Wildman–Crippen MR) is 98.4 cm³/mol. The van der Waals surface area contributed by atoms with Crippen molar-refractivity contribution in [1.82, 2.24) is 19.7 Å². The number of nitriles is 1. The van der Waals surface area contributed by atoms with Crippen molar-refractivity contribution in [2.75, 3.05) is 0 Å². The summed E-state index contributed by atoms with van der Waals surface area (Å²) in [5.74, 6) is 2.26. The van der Waals surface area contributed by atoms with Crippen LogP contribution in [-0.4, -0.2) is 19.7 Å². The molecule has 2 aliphatic rings. The van der Waals surface area contributed by atoms with E-state index in [4.69, 9.17) is 11.6 Å². The standard InChI is InChI=1S/C20H16ClN5/c1-11-24-25-19-5-4-13-6-14(7-18(21)20(13)26(11)19)17-10-23-9-16(12-2-3-12)15(17)8-22/h6-7,9-10,12H,2-5H2,1H3. The molecule has 0 saturated heterocycles. The average molecular weight is 362 g/mol. The first-order chi connectivity index (χ1) is 12.7. The molecule has 3 heterocycles. The minimum absolute atomic E-state index is 0.479. The highest BCUT2D eigenvalue weighted by Gasteiger charge is 2.29.